The molecular weight excluding hydrogens is 259 g/mol. The van der Waals surface area contributed by atoms with Crippen LogP contribution < -0.4 is 10.5 Å². The van der Waals surface area contributed by atoms with Crippen LogP contribution in [0, 0.1) is 24.1 Å². The van der Waals surface area contributed by atoms with E-state index in [1.54, 1.807) is 11.6 Å². The highest BCUT2D eigenvalue weighted by atomic mass is 19.1. The second-order valence-electron chi connectivity index (χ2n) is 4.39. The second kappa shape index (κ2) is 5.61. The van der Waals surface area contributed by atoms with Crippen LogP contribution in [0.4, 0.5) is 10.1 Å². The van der Waals surface area contributed by atoms with Gasteiger partial charge in [0.15, 0.2) is 11.6 Å². The lowest BCUT2D eigenvalue weighted by molar-refractivity contribution is 0.389. The molecule has 2 rings (SSSR count). The molecule has 0 unspecified atom stereocenters. The fourth-order valence-corrected chi connectivity index (χ4v) is 1.80. The minimum atomic E-state index is -0.606. The summed E-state index contributed by atoms with van der Waals surface area (Å²) in [6.07, 6.45) is 0.854. The first-order valence-electron chi connectivity index (χ1n) is 6.27. The number of aromatic nitrogens is 2. The maximum atomic E-state index is 13.8. The molecule has 104 valence electrons. The number of nitriles is 1. The van der Waals surface area contributed by atoms with Crippen molar-refractivity contribution in [3.8, 4) is 17.7 Å². The van der Waals surface area contributed by atoms with Gasteiger partial charge in [-0.05, 0) is 31.5 Å². The topological polar surface area (TPSA) is 76.9 Å². The number of nitrogens with zero attached hydrogens (tertiary/aromatic N) is 3. The van der Waals surface area contributed by atoms with E-state index in [4.69, 9.17) is 15.7 Å². The molecule has 1 aromatic heterocycles. The van der Waals surface area contributed by atoms with Gasteiger partial charge in [-0.25, -0.2) is 9.07 Å². The van der Waals surface area contributed by atoms with E-state index < -0.39 is 5.82 Å². The molecule has 0 atom stereocenters. The zero-order valence-corrected chi connectivity index (χ0v) is 11.4. The molecular formula is C14H15FN4O. The van der Waals surface area contributed by atoms with Gasteiger partial charge in [-0.15, -0.1) is 0 Å². The molecule has 0 fully saturated rings. The molecule has 0 saturated heterocycles. The third kappa shape index (κ3) is 2.57. The van der Waals surface area contributed by atoms with Crippen molar-refractivity contribution in [2.75, 3.05) is 5.73 Å². The first-order chi connectivity index (χ1) is 9.56. The molecule has 2 aromatic rings. The zero-order chi connectivity index (χ0) is 14.7. The maximum absolute atomic E-state index is 13.8. The van der Waals surface area contributed by atoms with Gasteiger partial charge in [0.25, 0.3) is 0 Å². The number of benzene rings is 1. The minimum Gasteiger partial charge on any atom is -0.434 e. The van der Waals surface area contributed by atoms with Crippen LogP contribution in [0.15, 0.2) is 18.2 Å². The molecule has 2 N–H and O–H groups in total. The Bertz CT molecular complexity index is 673. The average Bonchev–Trinajstić information content (AvgIpc) is 2.69. The lowest BCUT2D eigenvalue weighted by Gasteiger charge is -2.09. The predicted octanol–water partition coefficient (Wildman–Crippen LogP) is 2.99. The first kappa shape index (κ1) is 13.9. The Labute approximate surface area is 116 Å². The van der Waals surface area contributed by atoms with Crippen LogP contribution in [0.3, 0.4) is 0 Å². The van der Waals surface area contributed by atoms with Crippen LogP contribution in [0.2, 0.25) is 0 Å². The van der Waals surface area contributed by atoms with E-state index >= 15 is 0 Å². The van der Waals surface area contributed by atoms with Crippen molar-refractivity contribution in [2.45, 2.75) is 26.8 Å². The molecule has 0 aliphatic carbocycles. The standard InChI is InChI=1S/C14H15FN4O/c1-3-6-19-14(13(17)9(2)18-19)20-12-5-4-10(8-16)7-11(12)15/h4-5,7H,3,6,17H2,1-2H3. The Balaban J connectivity index is 2.37. The van der Waals surface area contributed by atoms with Crippen LogP contribution in [0.1, 0.15) is 24.6 Å². The van der Waals surface area contributed by atoms with Gasteiger partial charge in [-0.1, -0.05) is 6.92 Å². The van der Waals surface area contributed by atoms with Crippen LogP contribution >= 0.6 is 0 Å². The molecule has 1 heterocycles. The Kier molecular flexibility index (Phi) is 3.89. The second-order valence-corrected chi connectivity index (χ2v) is 4.39. The van der Waals surface area contributed by atoms with E-state index in [-0.39, 0.29) is 11.3 Å². The molecule has 6 heteroatoms. The lowest BCUT2D eigenvalue weighted by Crippen LogP contribution is -2.03. The van der Waals surface area contributed by atoms with Crippen molar-refractivity contribution in [3.05, 3.63) is 35.3 Å². The fourth-order valence-electron chi connectivity index (χ4n) is 1.80. The number of hydrogen-bond donors (Lipinski definition) is 1. The van der Waals surface area contributed by atoms with Gasteiger partial charge in [-0.2, -0.15) is 10.4 Å². The van der Waals surface area contributed by atoms with Crippen molar-refractivity contribution >= 4 is 5.69 Å². The number of halogens is 1. The first-order valence-corrected chi connectivity index (χ1v) is 6.27. The number of nitrogens with two attached hydrogens (primary N) is 1. The summed E-state index contributed by atoms with van der Waals surface area (Å²) in [5, 5.41) is 13.0. The van der Waals surface area contributed by atoms with Crippen molar-refractivity contribution in [1.82, 2.24) is 9.78 Å². The van der Waals surface area contributed by atoms with Crippen LogP contribution in [0.5, 0.6) is 11.6 Å². The highest BCUT2D eigenvalue weighted by Gasteiger charge is 2.16. The van der Waals surface area contributed by atoms with Gasteiger partial charge < -0.3 is 10.5 Å². The minimum absolute atomic E-state index is 0.0213. The third-order valence-electron chi connectivity index (χ3n) is 2.83. The lowest BCUT2D eigenvalue weighted by atomic mass is 10.2. The van der Waals surface area contributed by atoms with Crippen LogP contribution in [0.25, 0.3) is 0 Å². The van der Waals surface area contributed by atoms with E-state index in [0.29, 0.717) is 23.8 Å². The molecule has 0 saturated carbocycles. The van der Waals surface area contributed by atoms with E-state index in [2.05, 4.69) is 5.10 Å². The fraction of sp³-hybridized carbons (Fsp3) is 0.286. The molecule has 0 aliphatic heterocycles. The number of ether oxygens (including phenoxy) is 1. The number of aryl methyl sites for hydroxylation is 2. The van der Waals surface area contributed by atoms with Gasteiger partial charge in [-0.3, -0.25) is 0 Å². The van der Waals surface area contributed by atoms with Crippen LogP contribution in [-0.4, -0.2) is 9.78 Å². The number of rotatable bonds is 4. The molecule has 0 spiro atoms. The van der Waals surface area contributed by atoms with Gasteiger partial charge in [0.05, 0.1) is 17.3 Å². The summed E-state index contributed by atoms with van der Waals surface area (Å²) in [5.41, 5.74) is 7.17. The highest BCUT2D eigenvalue weighted by Crippen LogP contribution is 2.31. The Hall–Kier alpha value is -2.55. The summed E-state index contributed by atoms with van der Waals surface area (Å²) in [7, 11) is 0. The molecule has 0 radical (unpaired) electrons. The Morgan fingerprint density at radius 2 is 2.25 bits per heavy atom. The monoisotopic (exact) mass is 274 g/mol. The Morgan fingerprint density at radius 1 is 1.50 bits per heavy atom. The number of anilines is 1. The van der Waals surface area contributed by atoms with Gasteiger partial charge >= 0.3 is 0 Å². The van der Waals surface area contributed by atoms with E-state index in [1.807, 2.05) is 13.0 Å². The van der Waals surface area contributed by atoms with Gasteiger partial charge in [0, 0.05) is 6.54 Å². The average molecular weight is 274 g/mol. The summed E-state index contributed by atoms with van der Waals surface area (Å²) >= 11 is 0. The number of nitrogen functional groups attached to an aromatic ring is 1. The van der Waals surface area contributed by atoms with Crippen molar-refractivity contribution in [2.24, 2.45) is 0 Å². The summed E-state index contributed by atoms with van der Waals surface area (Å²) in [6, 6.07) is 5.89. The maximum Gasteiger partial charge on any atom is 0.241 e. The number of hydrogen-bond acceptors (Lipinski definition) is 4. The summed E-state index contributed by atoms with van der Waals surface area (Å²) in [5.74, 6) is -0.258. The summed E-state index contributed by atoms with van der Waals surface area (Å²) in [6.45, 7) is 4.40. The van der Waals surface area contributed by atoms with Crippen LogP contribution in [-0.2, 0) is 6.54 Å². The summed E-state index contributed by atoms with van der Waals surface area (Å²) < 4.78 is 21.0. The molecule has 5 nitrogen and oxygen atoms in total. The highest BCUT2D eigenvalue weighted by molar-refractivity contribution is 5.54. The van der Waals surface area contributed by atoms with E-state index in [9.17, 15) is 4.39 Å². The zero-order valence-electron chi connectivity index (χ0n) is 11.4. The van der Waals surface area contributed by atoms with E-state index in [1.165, 1.54) is 12.1 Å². The largest absolute Gasteiger partial charge is 0.434 e. The van der Waals surface area contributed by atoms with E-state index in [0.717, 1.165) is 12.5 Å². The normalized spacial score (nSPS) is 10.3. The molecule has 1 aromatic carbocycles. The molecule has 0 bridgehead atoms. The van der Waals surface area contributed by atoms with Gasteiger partial charge in [0.1, 0.15) is 5.69 Å². The molecule has 0 amide bonds. The third-order valence-corrected chi connectivity index (χ3v) is 2.83. The Morgan fingerprint density at radius 3 is 2.85 bits per heavy atom. The summed E-state index contributed by atoms with van der Waals surface area (Å²) in [4.78, 5) is 0. The quantitative estimate of drug-likeness (QED) is 0.929. The van der Waals surface area contributed by atoms with Gasteiger partial charge in [0.2, 0.25) is 5.88 Å². The molecule has 20 heavy (non-hydrogen) atoms. The molecule has 0 aliphatic rings. The SMILES string of the molecule is CCCn1nc(C)c(N)c1Oc1ccc(C#N)cc1F. The van der Waals surface area contributed by atoms with Crippen molar-refractivity contribution < 1.29 is 9.13 Å². The predicted molar refractivity (Wildman–Crippen MR) is 72.9 cm³/mol. The van der Waals surface area contributed by atoms with Crippen molar-refractivity contribution in [1.29, 1.82) is 5.26 Å². The van der Waals surface area contributed by atoms with Crippen molar-refractivity contribution in [3.63, 3.8) is 0 Å². The smallest absolute Gasteiger partial charge is 0.241 e.